The Kier molecular flexibility index (Phi) is 3.54. The summed E-state index contributed by atoms with van der Waals surface area (Å²) in [7, 11) is 0. The van der Waals surface area contributed by atoms with Gasteiger partial charge >= 0.3 is 0 Å². The molecule has 0 saturated carbocycles. The lowest BCUT2D eigenvalue weighted by Gasteiger charge is -2.04. The standard InChI is InChI=1S/C11H12BrFN4/c1-7(14)11-6-17(16-15-11)5-8-2-3-9(13)4-10(8)12/h2-4,6-7H,5,14H2,1H3. The van der Waals surface area contributed by atoms with Gasteiger partial charge in [0.25, 0.3) is 0 Å². The maximum Gasteiger partial charge on any atom is 0.124 e. The lowest BCUT2D eigenvalue weighted by atomic mass is 10.2. The molecular weight excluding hydrogens is 287 g/mol. The second-order valence-corrected chi connectivity index (χ2v) is 4.72. The van der Waals surface area contributed by atoms with Crippen molar-refractivity contribution in [2.24, 2.45) is 5.73 Å². The highest BCUT2D eigenvalue weighted by Crippen LogP contribution is 2.19. The Morgan fingerprint density at radius 2 is 2.29 bits per heavy atom. The third-order valence-corrected chi connectivity index (χ3v) is 3.11. The molecule has 1 aromatic carbocycles. The van der Waals surface area contributed by atoms with Crippen LogP contribution in [0.15, 0.2) is 28.9 Å². The van der Waals surface area contributed by atoms with E-state index in [4.69, 9.17) is 5.73 Å². The van der Waals surface area contributed by atoms with Gasteiger partial charge in [0.15, 0.2) is 0 Å². The molecule has 6 heteroatoms. The van der Waals surface area contributed by atoms with E-state index in [1.54, 1.807) is 16.9 Å². The van der Waals surface area contributed by atoms with E-state index in [1.807, 2.05) is 6.92 Å². The summed E-state index contributed by atoms with van der Waals surface area (Å²) >= 11 is 3.31. The summed E-state index contributed by atoms with van der Waals surface area (Å²) in [5, 5.41) is 7.93. The Labute approximate surface area is 107 Å². The van der Waals surface area contributed by atoms with Gasteiger partial charge in [0.05, 0.1) is 18.4 Å². The molecule has 2 N–H and O–H groups in total. The molecule has 0 aliphatic heterocycles. The van der Waals surface area contributed by atoms with E-state index in [-0.39, 0.29) is 11.9 Å². The summed E-state index contributed by atoms with van der Waals surface area (Å²) in [6.07, 6.45) is 1.79. The van der Waals surface area contributed by atoms with Crippen molar-refractivity contribution in [3.63, 3.8) is 0 Å². The van der Waals surface area contributed by atoms with Crippen LogP contribution in [0.3, 0.4) is 0 Å². The molecule has 0 aliphatic rings. The van der Waals surface area contributed by atoms with Crippen molar-refractivity contribution >= 4 is 15.9 Å². The fourth-order valence-electron chi connectivity index (χ4n) is 1.42. The zero-order valence-electron chi connectivity index (χ0n) is 9.27. The number of halogens is 2. The molecule has 4 nitrogen and oxygen atoms in total. The Hall–Kier alpha value is -1.27. The van der Waals surface area contributed by atoms with Crippen LogP contribution in [0.25, 0.3) is 0 Å². The highest BCUT2D eigenvalue weighted by molar-refractivity contribution is 9.10. The number of hydrogen-bond acceptors (Lipinski definition) is 3. The summed E-state index contributed by atoms with van der Waals surface area (Å²) in [5.41, 5.74) is 7.37. The maximum atomic E-state index is 12.9. The van der Waals surface area contributed by atoms with Crippen LogP contribution in [0.1, 0.15) is 24.2 Å². The minimum absolute atomic E-state index is 0.139. The molecule has 0 radical (unpaired) electrons. The topological polar surface area (TPSA) is 56.7 Å². The van der Waals surface area contributed by atoms with Gasteiger partial charge in [-0.1, -0.05) is 27.2 Å². The van der Waals surface area contributed by atoms with Crippen LogP contribution in [0.4, 0.5) is 4.39 Å². The third-order valence-electron chi connectivity index (χ3n) is 2.37. The Bertz CT molecular complexity index is 524. The van der Waals surface area contributed by atoms with E-state index >= 15 is 0 Å². The molecule has 0 aliphatic carbocycles. The molecule has 1 atom stereocenters. The molecule has 2 rings (SSSR count). The van der Waals surface area contributed by atoms with Gasteiger partial charge in [0.1, 0.15) is 5.82 Å². The first kappa shape index (κ1) is 12.2. The molecule has 0 saturated heterocycles. The molecule has 17 heavy (non-hydrogen) atoms. The minimum Gasteiger partial charge on any atom is -0.323 e. The van der Waals surface area contributed by atoms with Gasteiger partial charge in [-0.2, -0.15) is 0 Å². The first-order chi connectivity index (χ1) is 8.06. The van der Waals surface area contributed by atoms with E-state index in [0.717, 1.165) is 15.7 Å². The summed E-state index contributed by atoms with van der Waals surface area (Å²) in [4.78, 5) is 0. The molecule has 0 fully saturated rings. The quantitative estimate of drug-likeness (QED) is 0.945. The van der Waals surface area contributed by atoms with Gasteiger partial charge < -0.3 is 5.73 Å². The zero-order valence-corrected chi connectivity index (χ0v) is 10.9. The normalized spacial score (nSPS) is 12.7. The first-order valence-electron chi connectivity index (χ1n) is 5.16. The van der Waals surface area contributed by atoms with Gasteiger partial charge in [0, 0.05) is 10.5 Å². The fourth-order valence-corrected chi connectivity index (χ4v) is 1.90. The van der Waals surface area contributed by atoms with Crippen molar-refractivity contribution in [3.8, 4) is 0 Å². The van der Waals surface area contributed by atoms with E-state index < -0.39 is 0 Å². The van der Waals surface area contributed by atoms with Crippen LogP contribution >= 0.6 is 15.9 Å². The van der Waals surface area contributed by atoms with Gasteiger partial charge in [-0.25, -0.2) is 9.07 Å². The number of rotatable bonds is 3. The molecule has 1 heterocycles. The van der Waals surface area contributed by atoms with Gasteiger partial charge in [-0.15, -0.1) is 5.10 Å². The van der Waals surface area contributed by atoms with Crippen LogP contribution in [-0.2, 0) is 6.54 Å². The summed E-state index contributed by atoms with van der Waals surface area (Å²) in [6.45, 7) is 2.38. The highest BCUT2D eigenvalue weighted by Gasteiger charge is 2.07. The molecule has 2 aromatic rings. The average molecular weight is 299 g/mol. The summed E-state index contributed by atoms with van der Waals surface area (Å²) in [5.74, 6) is -0.268. The Morgan fingerprint density at radius 3 is 2.88 bits per heavy atom. The predicted molar refractivity (Wildman–Crippen MR) is 65.8 cm³/mol. The maximum absolute atomic E-state index is 12.9. The van der Waals surface area contributed by atoms with Crippen molar-refractivity contribution in [2.45, 2.75) is 19.5 Å². The number of nitrogens with zero attached hydrogens (tertiary/aromatic N) is 3. The number of nitrogens with two attached hydrogens (primary N) is 1. The van der Waals surface area contributed by atoms with E-state index in [9.17, 15) is 4.39 Å². The second kappa shape index (κ2) is 4.93. The smallest absolute Gasteiger partial charge is 0.124 e. The van der Waals surface area contributed by atoms with Crippen molar-refractivity contribution in [1.29, 1.82) is 0 Å². The van der Waals surface area contributed by atoms with E-state index in [1.165, 1.54) is 12.1 Å². The fraction of sp³-hybridized carbons (Fsp3) is 0.273. The highest BCUT2D eigenvalue weighted by atomic mass is 79.9. The third kappa shape index (κ3) is 2.89. The first-order valence-corrected chi connectivity index (χ1v) is 5.95. The van der Waals surface area contributed by atoms with Crippen LogP contribution in [0.5, 0.6) is 0 Å². The molecular formula is C11H12BrFN4. The van der Waals surface area contributed by atoms with E-state index in [0.29, 0.717) is 6.54 Å². The second-order valence-electron chi connectivity index (χ2n) is 3.87. The SMILES string of the molecule is CC(N)c1cn(Cc2ccc(F)cc2Br)nn1. The van der Waals surface area contributed by atoms with Gasteiger partial charge in [-0.05, 0) is 24.6 Å². The number of aromatic nitrogens is 3. The average Bonchev–Trinajstić information content (AvgIpc) is 2.71. The monoisotopic (exact) mass is 298 g/mol. The largest absolute Gasteiger partial charge is 0.323 e. The summed E-state index contributed by atoms with van der Waals surface area (Å²) in [6, 6.07) is 4.43. The molecule has 1 unspecified atom stereocenters. The van der Waals surface area contributed by atoms with Gasteiger partial charge in [-0.3, -0.25) is 0 Å². The van der Waals surface area contributed by atoms with Crippen LogP contribution in [-0.4, -0.2) is 15.0 Å². The minimum atomic E-state index is -0.268. The Morgan fingerprint density at radius 1 is 1.53 bits per heavy atom. The lowest BCUT2D eigenvalue weighted by Crippen LogP contribution is -2.05. The van der Waals surface area contributed by atoms with Crippen molar-refractivity contribution in [3.05, 3.63) is 45.9 Å². The molecule has 1 aromatic heterocycles. The van der Waals surface area contributed by atoms with Crippen LogP contribution in [0.2, 0.25) is 0 Å². The molecule has 0 spiro atoms. The number of benzene rings is 1. The van der Waals surface area contributed by atoms with Crippen molar-refractivity contribution in [2.75, 3.05) is 0 Å². The van der Waals surface area contributed by atoms with Crippen LogP contribution in [0, 0.1) is 5.82 Å². The lowest BCUT2D eigenvalue weighted by molar-refractivity contribution is 0.619. The molecule has 0 bridgehead atoms. The predicted octanol–water partition coefficient (Wildman–Crippen LogP) is 2.25. The number of hydrogen-bond donors (Lipinski definition) is 1. The van der Waals surface area contributed by atoms with Crippen LogP contribution < -0.4 is 5.73 Å². The zero-order chi connectivity index (χ0) is 12.4. The van der Waals surface area contributed by atoms with Gasteiger partial charge in [0.2, 0.25) is 0 Å². The Balaban J connectivity index is 2.19. The molecule has 0 amide bonds. The molecule has 90 valence electrons. The van der Waals surface area contributed by atoms with Crippen molar-refractivity contribution in [1.82, 2.24) is 15.0 Å². The summed E-state index contributed by atoms with van der Waals surface area (Å²) < 4.78 is 15.3. The van der Waals surface area contributed by atoms with Crippen molar-refractivity contribution < 1.29 is 4.39 Å². The van der Waals surface area contributed by atoms with E-state index in [2.05, 4.69) is 26.2 Å².